The minimum Gasteiger partial charge on any atom is -0.593 e. The Morgan fingerprint density at radius 2 is 1.82 bits per heavy atom. The molecule has 1 unspecified atom stereocenters. The first-order valence-corrected chi connectivity index (χ1v) is 15.3. The number of benzene rings is 2. The summed E-state index contributed by atoms with van der Waals surface area (Å²) >= 11 is -1.22. The lowest BCUT2D eigenvalue weighted by Crippen LogP contribution is -2.50. The molecule has 7 nitrogen and oxygen atoms in total. The van der Waals surface area contributed by atoms with Crippen molar-refractivity contribution >= 4 is 34.9 Å². The van der Waals surface area contributed by atoms with Crippen molar-refractivity contribution < 1.29 is 14.1 Å². The molecule has 39 heavy (non-hydrogen) atoms. The average molecular weight is 553 g/mol. The largest absolute Gasteiger partial charge is 0.593 e. The molecule has 8 heteroatoms. The van der Waals surface area contributed by atoms with E-state index in [2.05, 4.69) is 48.9 Å². The summed E-state index contributed by atoms with van der Waals surface area (Å²) in [5, 5.41) is 9.43. The zero-order valence-electron chi connectivity index (χ0n) is 24.1. The number of carbonyl (C=O) groups is 2. The predicted octanol–water partition coefficient (Wildman–Crippen LogP) is 4.18. The smallest absolute Gasteiger partial charge is 0.251 e. The number of nitrogens with one attached hydrogen (secondary N) is 3. The van der Waals surface area contributed by atoms with E-state index in [4.69, 9.17) is 0 Å². The lowest BCUT2D eigenvalue weighted by atomic mass is 10.0. The molecule has 3 N–H and O–H groups in total. The van der Waals surface area contributed by atoms with Crippen molar-refractivity contribution in [3.63, 3.8) is 0 Å². The monoisotopic (exact) mass is 552 g/mol. The van der Waals surface area contributed by atoms with E-state index in [9.17, 15) is 14.1 Å². The van der Waals surface area contributed by atoms with Crippen molar-refractivity contribution in [1.82, 2.24) is 16.0 Å². The zero-order valence-corrected chi connectivity index (χ0v) is 24.9. The Labute approximate surface area is 237 Å². The molecule has 0 aromatic heterocycles. The summed E-state index contributed by atoms with van der Waals surface area (Å²) in [4.78, 5) is 26.1. The molecule has 2 aromatic carbocycles. The van der Waals surface area contributed by atoms with Gasteiger partial charge in [-0.1, -0.05) is 63.3 Å². The molecule has 2 amide bonds. The van der Waals surface area contributed by atoms with Crippen molar-refractivity contribution in [3.8, 4) is 0 Å². The molecule has 212 valence electrons. The van der Waals surface area contributed by atoms with E-state index >= 15 is 0 Å². The first kappa shape index (κ1) is 30.7. The molecule has 3 rings (SSSR count). The second kappa shape index (κ2) is 14.5. The van der Waals surface area contributed by atoms with Gasteiger partial charge in [-0.2, -0.15) is 4.31 Å². The van der Waals surface area contributed by atoms with Crippen LogP contribution in [-0.4, -0.2) is 54.8 Å². The number of amides is 2. The van der Waals surface area contributed by atoms with E-state index in [1.807, 2.05) is 49.4 Å². The summed E-state index contributed by atoms with van der Waals surface area (Å²) in [6.45, 7) is 9.24. The highest BCUT2D eigenvalue weighted by Crippen LogP contribution is 2.39. The second-order valence-electron chi connectivity index (χ2n) is 11.1. The number of carbonyl (C=O) groups excluding carboxylic acids is 2. The molecule has 0 bridgehead atoms. The van der Waals surface area contributed by atoms with Crippen LogP contribution in [0.25, 0.3) is 6.08 Å². The van der Waals surface area contributed by atoms with Crippen LogP contribution in [0.5, 0.6) is 0 Å². The van der Waals surface area contributed by atoms with Crippen LogP contribution in [0, 0.1) is 17.8 Å². The Morgan fingerprint density at radius 1 is 1.13 bits per heavy atom. The Morgan fingerprint density at radius 3 is 2.44 bits per heavy atom. The number of anilines is 1. The topological polar surface area (TPSA) is 96.5 Å². The Bertz CT molecular complexity index is 1120. The number of rotatable bonds is 14. The number of hydrogen-bond donors (Lipinski definition) is 3. The third kappa shape index (κ3) is 10.0. The van der Waals surface area contributed by atoms with Crippen LogP contribution in [0.1, 0.15) is 55.6 Å². The second-order valence-corrected chi connectivity index (χ2v) is 12.5. The third-order valence-electron chi connectivity index (χ3n) is 7.07. The maximum absolute atomic E-state index is 13.6. The summed E-state index contributed by atoms with van der Waals surface area (Å²) < 4.78 is 13.9. The molecule has 0 aliphatic heterocycles. The summed E-state index contributed by atoms with van der Waals surface area (Å²) in [6.07, 6.45) is 7.67. The summed E-state index contributed by atoms with van der Waals surface area (Å²) in [7, 11) is 1.76. The summed E-state index contributed by atoms with van der Waals surface area (Å²) in [5.41, 5.74) is 3.23. The fourth-order valence-electron chi connectivity index (χ4n) is 4.26. The minimum atomic E-state index is -1.22. The molecule has 1 aliphatic rings. The fraction of sp³-hybridized carbons (Fsp3) is 0.484. The van der Waals surface area contributed by atoms with Gasteiger partial charge in [0, 0.05) is 24.7 Å². The molecule has 1 fully saturated rings. The highest BCUT2D eigenvalue weighted by molar-refractivity contribution is 7.92. The van der Waals surface area contributed by atoms with Gasteiger partial charge in [0.1, 0.15) is 6.26 Å². The van der Waals surface area contributed by atoms with Gasteiger partial charge in [-0.15, -0.1) is 0 Å². The maximum Gasteiger partial charge on any atom is 0.251 e. The molecule has 0 radical (unpaired) electrons. The van der Waals surface area contributed by atoms with Crippen molar-refractivity contribution in [1.29, 1.82) is 0 Å². The zero-order chi connectivity index (χ0) is 28.5. The molecule has 5 atom stereocenters. The molecule has 0 saturated heterocycles. The molecular formula is C31H44N4O3S. The van der Waals surface area contributed by atoms with Gasteiger partial charge in [-0.05, 0) is 66.8 Å². The van der Waals surface area contributed by atoms with E-state index in [1.165, 1.54) is 6.42 Å². The Hall–Kier alpha value is -2.81. The van der Waals surface area contributed by atoms with Gasteiger partial charge in [0.25, 0.3) is 5.91 Å². The van der Waals surface area contributed by atoms with Gasteiger partial charge < -0.3 is 20.5 Å². The predicted molar refractivity (Wildman–Crippen MR) is 162 cm³/mol. The summed E-state index contributed by atoms with van der Waals surface area (Å²) in [6, 6.07) is 15.0. The van der Waals surface area contributed by atoms with Crippen LogP contribution in [0.2, 0.25) is 0 Å². The fourth-order valence-corrected chi connectivity index (χ4v) is 4.66. The molecule has 1 aliphatic carbocycles. The van der Waals surface area contributed by atoms with Crippen LogP contribution in [0.15, 0.2) is 54.6 Å². The average Bonchev–Trinajstić information content (AvgIpc) is 3.63. The lowest BCUT2D eigenvalue weighted by Gasteiger charge is -2.23. The van der Waals surface area contributed by atoms with Gasteiger partial charge in [0.2, 0.25) is 5.91 Å². The van der Waals surface area contributed by atoms with Gasteiger partial charge in [-0.3, -0.25) is 9.59 Å². The molecule has 2 aromatic rings. The van der Waals surface area contributed by atoms with Crippen LogP contribution >= 0.6 is 0 Å². The molecular weight excluding hydrogens is 508 g/mol. The number of nitrogens with zero attached hydrogens (tertiary/aromatic N) is 1. The minimum absolute atomic E-state index is 0.0572. The Balaban J connectivity index is 1.78. The lowest BCUT2D eigenvalue weighted by molar-refractivity contribution is -0.122. The van der Waals surface area contributed by atoms with Gasteiger partial charge in [-0.25, -0.2) is 0 Å². The SMILES string of the molecule is CC(C)CNC(=O)[C@H](C)NC[C@H](Cc1ccccc1)NC(=O)c1cc(/C=C\[C@H]2C[C@@H]2C)cc(N(C)[S+](C)[O-])c1. The number of allylic oxidation sites excluding steroid dienone is 1. The maximum atomic E-state index is 13.6. The van der Waals surface area contributed by atoms with Crippen LogP contribution in [0.3, 0.4) is 0 Å². The normalized spacial score (nSPS) is 19.0. The van der Waals surface area contributed by atoms with E-state index in [0.29, 0.717) is 42.8 Å². The summed E-state index contributed by atoms with van der Waals surface area (Å²) in [5.74, 6) is 1.38. The quantitative estimate of drug-likeness (QED) is 0.306. The van der Waals surface area contributed by atoms with Gasteiger partial charge in [0.15, 0.2) is 0 Å². The highest BCUT2D eigenvalue weighted by atomic mass is 32.2. The van der Waals surface area contributed by atoms with Crippen molar-refractivity contribution in [2.45, 2.75) is 52.6 Å². The standard InChI is InChI=1S/C31H44N4O3S/c1-21(2)19-33-30(36)23(4)32-20-28(16-24-10-8-7-9-11-24)34-31(37)27-15-25(12-13-26-14-22(26)3)17-29(18-27)35(5)39(6)38/h7-13,15,17-18,21-23,26,28,32H,14,16,19-20H2,1-6H3,(H,33,36)(H,34,37)/b13-12-/t22-,23-,26-,28-,39?/m0/s1. The molecule has 1 saturated carbocycles. The highest BCUT2D eigenvalue weighted by Gasteiger charge is 2.29. The molecule has 0 heterocycles. The van der Waals surface area contributed by atoms with E-state index in [-0.39, 0.29) is 17.9 Å². The molecule has 0 spiro atoms. The third-order valence-corrected chi connectivity index (χ3v) is 8.05. The van der Waals surface area contributed by atoms with E-state index in [1.54, 1.807) is 23.7 Å². The number of hydrogen-bond acceptors (Lipinski definition) is 5. The van der Waals surface area contributed by atoms with Crippen LogP contribution < -0.4 is 20.3 Å². The van der Waals surface area contributed by atoms with Crippen molar-refractivity contribution in [3.05, 3.63) is 71.3 Å². The van der Waals surface area contributed by atoms with Crippen LogP contribution in [-0.2, 0) is 22.6 Å². The van der Waals surface area contributed by atoms with Crippen molar-refractivity contribution in [2.24, 2.45) is 17.8 Å². The van der Waals surface area contributed by atoms with Gasteiger partial charge >= 0.3 is 0 Å². The van der Waals surface area contributed by atoms with Gasteiger partial charge in [0.05, 0.1) is 30.1 Å². The van der Waals surface area contributed by atoms with Crippen molar-refractivity contribution in [2.75, 3.05) is 30.7 Å². The van der Waals surface area contributed by atoms with Crippen LogP contribution in [0.4, 0.5) is 5.69 Å². The van der Waals surface area contributed by atoms with E-state index in [0.717, 1.165) is 16.8 Å². The first-order valence-electron chi connectivity index (χ1n) is 13.8. The van der Waals surface area contributed by atoms with E-state index < -0.39 is 17.4 Å². The Kier molecular flexibility index (Phi) is 11.5. The first-order chi connectivity index (χ1) is 18.5.